The van der Waals surface area contributed by atoms with Gasteiger partial charge >= 0.3 is 0 Å². The van der Waals surface area contributed by atoms with E-state index in [4.69, 9.17) is 0 Å². The highest BCUT2D eigenvalue weighted by Crippen LogP contribution is 2.30. The molecule has 0 radical (unpaired) electrons. The van der Waals surface area contributed by atoms with Gasteiger partial charge in [0.25, 0.3) is 5.91 Å². The lowest BCUT2D eigenvalue weighted by atomic mass is 10.0. The zero-order chi connectivity index (χ0) is 12.6. The van der Waals surface area contributed by atoms with Crippen LogP contribution in [0.2, 0.25) is 0 Å². The Morgan fingerprint density at radius 2 is 2.12 bits per heavy atom. The quantitative estimate of drug-likeness (QED) is 0.757. The van der Waals surface area contributed by atoms with Gasteiger partial charge in [0.15, 0.2) is 0 Å². The van der Waals surface area contributed by atoms with Crippen LogP contribution >= 0.6 is 12.6 Å². The van der Waals surface area contributed by atoms with Gasteiger partial charge in [-0.15, -0.1) is 12.6 Å². The number of hydrogen-bond donors (Lipinski definition) is 1. The molecule has 0 N–H and O–H groups in total. The van der Waals surface area contributed by atoms with Crippen molar-refractivity contribution < 1.29 is 4.79 Å². The van der Waals surface area contributed by atoms with Crippen LogP contribution in [0.25, 0.3) is 0 Å². The van der Waals surface area contributed by atoms with Gasteiger partial charge in [-0.2, -0.15) is 0 Å². The minimum atomic E-state index is -0.0177. The van der Waals surface area contributed by atoms with Crippen molar-refractivity contribution in [3.63, 3.8) is 0 Å². The summed E-state index contributed by atoms with van der Waals surface area (Å²) in [6.45, 7) is 7.11. The average molecular weight is 249 g/mol. The Balaban J connectivity index is 2.34. The van der Waals surface area contributed by atoms with Gasteiger partial charge in [-0.3, -0.25) is 4.79 Å². The van der Waals surface area contributed by atoms with E-state index in [0.717, 1.165) is 35.4 Å². The van der Waals surface area contributed by atoms with Crippen LogP contribution in [0.15, 0.2) is 23.1 Å². The Morgan fingerprint density at radius 3 is 2.71 bits per heavy atom. The van der Waals surface area contributed by atoms with Gasteiger partial charge in [-0.25, -0.2) is 0 Å². The second-order valence-electron chi connectivity index (χ2n) is 5.37. The van der Waals surface area contributed by atoms with E-state index in [-0.39, 0.29) is 11.4 Å². The molecule has 1 aliphatic heterocycles. The summed E-state index contributed by atoms with van der Waals surface area (Å²) in [6, 6.07) is 5.75. The fourth-order valence-corrected chi connectivity index (χ4v) is 2.67. The van der Waals surface area contributed by atoms with Gasteiger partial charge in [-0.1, -0.05) is 6.07 Å². The lowest BCUT2D eigenvalue weighted by Gasteiger charge is -2.32. The lowest BCUT2D eigenvalue weighted by Crippen LogP contribution is -2.42. The van der Waals surface area contributed by atoms with Gasteiger partial charge in [-0.05, 0) is 51.3 Å². The molecule has 0 bridgehead atoms. The predicted octanol–water partition coefficient (Wildman–Crippen LogP) is 3.30. The number of rotatable bonds is 1. The molecule has 17 heavy (non-hydrogen) atoms. The molecule has 0 atom stereocenters. The Bertz CT molecular complexity index is 454. The first-order valence-corrected chi connectivity index (χ1v) is 6.48. The van der Waals surface area contributed by atoms with Gasteiger partial charge in [0.1, 0.15) is 0 Å². The van der Waals surface area contributed by atoms with Crippen molar-refractivity contribution in [2.75, 3.05) is 6.54 Å². The molecule has 3 heteroatoms. The number of amides is 1. The average Bonchev–Trinajstić information content (AvgIpc) is 2.61. The molecule has 2 nitrogen and oxygen atoms in total. The number of hydrogen-bond acceptors (Lipinski definition) is 2. The summed E-state index contributed by atoms with van der Waals surface area (Å²) >= 11 is 4.31. The molecule has 0 spiro atoms. The Hall–Kier alpha value is -0.960. The zero-order valence-electron chi connectivity index (χ0n) is 10.7. The fourth-order valence-electron chi connectivity index (χ4n) is 2.47. The highest BCUT2D eigenvalue weighted by molar-refractivity contribution is 7.80. The number of carbonyl (C=O) groups is 1. The minimum absolute atomic E-state index is 0.0177. The molecule has 1 heterocycles. The maximum atomic E-state index is 12.5. The Labute approximate surface area is 108 Å². The molecular weight excluding hydrogens is 230 g/mol. The van der Waals surface area contributed by atoms with E-state index in [1.165, 1.54) is 0 Å². The second kappa shape index (κ2) is 4.37. The summed E-state index contributed by atoms with van der Waals surface area (Å²) in [4.78, 5) is 15.4. The van der Waals surface area contributed by atoms with Crippen LogP contribution in [0, 0.1) is 6.92 Å². The van der Waals surface area contributed by atoms with E-state index in [9.17, 15) is 4.79 Å². The molecule has 1 aromatic rings. The predicted molar refractivity (Wildman–Crippen MR) is 72.8 cm³/mol. The van der Waals surface area contributed by atoms with E-state index >= 15 is 0 Å². The summed E-state index contributed by atoms with van der Waals surface area (Å²) in [7, 11) is 0. The Morgan fingerprint density at radius 1 is 1.41 bits per heavy atom. The molecule has 1 amide bonds. The number of benzene rings is 1. The molecule has 1 fully saturated rings. The number of carbonyl (C=O) groups excluding carboxylic acids is 1. The number of aryl methyl sites for hydroxylation is 1. The monoisotopic (exact) mass is 249 g/mol. The van der Waals surface area contributed by atoms with Crippen LogP contribution in [0.5, 0.6) is 0 Å². The van der Waals surface area contributed by atoms with E-state index in [2.05, 4.69) is 26.5 Å². The summed E-state index contributed by atoms with van der Waals surface area (Å²) < 4.78 is 0. The van der Waals surface area contributed by atoms with Crippen LogP contribution < -0.4 is 0 Å². The van der Waals surface area contributed by atoms with Crippen molar-refractivity contribution in [1.29, 1.82) is 0 Å². The lowest BCUT2D eigenvalue weighted by molar-refractivity contribution is 0.0651. The number of nitrogens with zero attached hydrogens (tertiary/aromatic N) is 1. The second-order valence-corrected chi connectivity index (χ2v) is 5.89. The Kier molecular flexibility index (Phi) is 3.21. The molecular formula is C14H19NOS. The van der Waals surface area contributed by atoms with E-state index in [1.807, 2.05) is 30.0 Å². The van der Waals surface area contributed by atoms with E-state index in [0.29, 0.717) is 0 Å². The molecule has 0 aliphatic carbocycles. The maximum absolute atomic E-state index is 12.5. The third-order valence-corrected chi connectivity index (χ3v) is 3.88. The van der Waals surface area contributed by atoms with Crippen LogP contribution in [0.3, 0.4) is 0 Å². The summed E-state index contributed by atoms with van der Waals surface area (Å²) in [6.07, 6.45) is 2.18. The van der Waals surface area contributed by atoms with E-state index < -0.39 is 0 Å². The molecule has 1 aliphatic rings. The molecule has 2 rings (SSSR count). The number of likely N-dealkylation sites (tertiary alicyclic amines) is 1. The first kappa shape index (κ1) is 12.5. The fraction of sp³-hybridized carbons (Fsp3) is 0.500. The SMILES string of the molecule is Cc1ccc(S)cc1C(=O)N1CCCC1(C)C. The molecule has 0 aromatic heterocycles. The highest BCUT2D eigenvalue weighted by atomic mass is 32.1. The van der Waals surface area contributed by atoms with Crippen LogP contribution in [0.1, 0.15) is 42.6 Å². The molecule has 1 saturated heterocycles. The summed E-state index contributed by atoms with van der Waals surface area (Å²) in [5, 5.41) is 0. The third-order valence-electron chi connectivity index (χ3n) is 3.60. The summed E-state index contributed by atoms with van der Waals surface area (Å²) in [5.74, 6) is 0.140. The normalized spacial score (nSPS) is 18.5. The highest BCUT2D eigenvalue weighted by Gasteiger charge is 2.36. The maximum Gasteiger partial charge on any atom is 0.254 e. The molecule has 1 aromatic carbocycles. The van der Waals surface area contributed by atoms with Crippen LogP contribution in [0.4, 0.5) is 0 Å². The van der Waals surface area contributed by atoms with Gasteiger partial charge in [0, 0.05) is 22.5 Å². The van der Waals surface area contributed by atoms with Crippen LogP contribution in [-0.2, 0) is 0 Å². The zero-order valence-corrected chi connectivity index (χ0v) is 11.6. The van der Waals surface area contributed by atoms with Gasteiger partial charge in [0.2, 0.25) is 0 Å². The summed E-state index contributed by atoms with van der Waals surface area (Å²) in [5.41, 5.74) is 1.79. The minimum Gasteiger partial charge on any atom is -0.334 e. The van der Waals surface area contributed by atoms with Gasteiger partial charge < -0.3 is 4.90 Å². The van der Waals surface area contributed by atoms with Gasteiger partial charge in [0.05, 0.1) is 0 Å². The van der Waals surface area contributed by atoms with Crippen molar-refractivity contribution in [3.05, 3.63) is 29.3 Å². The first-order valence-electron chi connectivity index (χ1n) is 6.03. The standard InChI is InChI=1S/C14H19NOS/c1-10-5-6-11(17)9-12(10)13(16)15-8-4-7-14(15,2)3/h5-6,9,17H,4,7-8H2,1-3H3. The van der Waals surface area contributed by atoms with Crippen molar-refractivity contribution in [3.8, 4) is 0 Å². The van der Waals surface area contributed by atoms with Crippen LogP contribution in [-0.4, -0.2) is 22.9 Å². The number of thiol groups is 1. The van der Waals surface area contributed by atoms with E-state index in [1.54, 1.807) is 0 Å². The topological polar surface area (TPSA) is 20.3 Å². The van der Waals surface area contributed by atoms with Crippen molar-refractivity contribution in [2.24, 2.45) is 0 Å². The van der Waals surface area contributed by atoms with Crippen molar-refractivity contribution >= 4 is 18.5 Å². The largest absolute Gasteiger partial charge is 0.334 e. The smallest absolute Gasteiger partial charge is 0.254 e. The molecule has 92 valence electrons. The first-order chi connectivity index (χ1) is 7.92. The third kappa shape index (κ3) is 2.34. The van der Waals surface area contributed by atoms with Crippen molar-refractivity contribution in [2.45, 2.75) is 44.0 Å². The molecule has 0 saturated carbocycles. The molecule has 0 unspecified atom stereocenters. The van der Waals surface area contributed by atoms with Crippen molar-refractivity contribution in [1.82, 2.24) is 4.90 Å².